The van der Waals surface area contributed by atoms with Crippen molar-refractivity contribution in [3.63, 3.8) is 0 Å². The van der Waals surface area contributed by atoms with E-state index in [2.05, 4.69) is 0 Å². The molecule has 0 spiro atoms. The number of amides is 1. The van der Waals surface area contributed by atoms with E-state index >= 15 is 0 Å². The summed E-state index contributed by atoms with van der Waals surface area (Å²) in [4.78, 5) is 25.2. The SMILES string of the molecule is O=C1CCCC1C(=O)N1CCCCC1. The van der Waals surface area contributed by atoms with Gasteiger partial charge in [0.1, 0.15) is 5.78 Å². The second kappa shape index (κ2) is 4.11. The molecular formula is C11H17NO2. The molecule has 14 heavy (non-hydrogen) atoms. The molecule has 1 atom stereocenters. The fourth-order valence-electron chi connectivity index (χ4n) is 2.41. The van der Waals surface area contributed by atoms with Crippen molar-refractivity contribution in [2.45, 2.75) is 38.5 Å². The van der Waals surface area contributed by atoms with E-state index in [0.29, 0.717) is 6.42 Å². The summed E-state index contributed by atoms with van der Waals surface area (Å²) in [5.41, 5.74) is 0. The fourth-order valence-corrected chi connectivity index (χ4v) is 2.41. The van der Waals surface area contributed by atoms with Crippen molar-refractivity contribution >= 4 is 11.7 Å². The van der Waals surface area contributed by atoms with Gasteiger partial charge in [-0.3, -0.25) is 9.59 Å². The molecule has 1 amide bonds. The zero-order valence-corrected chi connectivity index (χ0v) is 8.50. The second-order valence-corrected chi connectivity index (χ2v) is 4.30. The highest BCUT2D eigenvalue weighted by Crippen LogP contribution is 2.24. The average Bonchev–Trinajstić information content (AvgIpc) is 2.65. The Morgan fingerprint density at radius 1 is 1.14 bits per heavy atom. The van der Waals surface area contributed by atoms with Crippen molar-refractivity contribution < 1.29 is 9.59 Å². The molecule has 1 saturated carbocycles. The van der Waals surface area contributed by atoms with Crippen LogP contribution in [0, 0.1) is 5.92 Å². The van der Waals surface area contributed by atoms with Crippen LogP contribution in [0.3, 0.4) is 0 Å². The Kier molecular flexibility index (Phi) is 2.85. The standard InChI is InChI=1S/C11H17NO2/c13-10-6-4-5-9(10)11(14)12-7-2-1-3-8-12/h9H,1-8H2. The van der Waals surface area contributed by atoms with Gasteiger partial charge in [0.25, 0.3) is 0 Å². The van der Waals surface area contributed by atoms with Gasteiger partial charge in [-0.25, -0.2) is 0 Å². The highest BCUT2D eigenvalue weighted by Gasteiger charge is 2.34. The third-order valence-corrected chi connectivity index (χ3v) is 3.27. The minimum absolute atomic E-state index is 0.104. The van der Waals surface area contributed by atoms with Gasteiger partial charge in [-0.2, -0.15) is 0 Å². The van der Waals surface area contributed by atoms with Crippen molar-refractivity contribution in [2.24, 2.45) is 5.92 Å². The van der Waals surface area contributed by atoms with Gasteiger partial charge < -0.3 is 4.90 Å². The minimum atomic E-state index is -0.284. The first kappa shape index (κ1) is 9.69. The van der Waals surface area contributed by atoms with Crippen LogP contribution in [0.4, 0.5) is 0 Å². The first-order valence-corrected chi connectivity index (χ1v) is 5.60. The Morgan fingerprint density at radius 3 is 2.43 bits per heavy atom. The summed E-state index contributed by atoms with van der Waals surface area (Å²) in [6.07, 6.45) is 5.74. The van der Waals surface area contributed by atoms with Gasteiger partial charge in [-0.15, -0.1) is 0 Å². The summed E-state index contributed by atoms with van der Waals surface area (Å²) in [7, 11) is 0. The van der Waals surface area contributed by atoms with Gasteiger partial charge in [0.15, 0.2) is 0 Å². The van der Waals surface area contributed by atoms with Crippen LogP contribution < -0.4 is 0 Å². The first-order valence-electron chi connectivity index (χ1n) is 5.60. The number of carbonyl (C=O) groups excluding carboxylic acids is 2. The predicted molar refractivity (Wildman–Crippen MR) is 52.8 cm³/mol. The van der Waals surface area contributed by atoms with E-state index in [1.165, 1.54) is 6.42 Å². The number of Topliss-reactive ketones (excluding diaryl/α,β-unsaturated/α-hetero) is 1. The summed E-state index contributed by atoms with van der Waals surface area (Å²) < 4.78 is 0. The highest BCUT2D eigenvalue weighted by molar-refractivity contribution is 6.02. The topological polar surface area (TPSA) is 37.4 Å². The summed E-state index contributed by atoms with van der Waals surface area (Å²) in [5.74, 6) is -0.0131. The molecule has 1 aliphatic carbocycles. The molecule has 1 aliphatic heterocycles. The van der Waals surface area contributed by atoms with Crippen molar-refractivity contribution in [1.82, 2.24) is 4.90 Å². The Hall–Kier alpha value is -0.860. The Morgan fingerprint density at radius 2 is 1.86 bits per heavy atom. The molecule has 2 fully saturated rings. The monoisotopic (exact) mass is 195 g/mol. The fraction of sp³-hybridized carbons (Fsp3) is 0.818. The van der Waals surface area contributed by atoms with Gasteiger partial charge in [0.2, 0.25) is 5.91 Å². The van der Waals surface area contributed by atoms with Crippen molar-refractivity contribution in [3.05, 3.63) is 0 Å². The van der Waals surface area contributed by atoms with Crippen LogP contribution in [0.15, 0.2) is 0 Å². The molecule has 0 radical (unpaired) electrons. The summed E-state index contributed by atoms with van der Waals surface area (Å²) in [5, 5.41) is 0. The number of nitrogens with zero attached hydrogens (tertiary/aromatic N) is 1. The van der Waals surface area contributed by atoms with Crippen LogP contribution >= 0.6 is 0 Å². The third-order valence-electron chi connectivity index (χ3n) is 3.27. The summed E-state index contributed by atoms with van der Waals surface area (Å²) in [6, 6.07) is 0. The van der Waals surface area contributed by atoms with E-state index in [-0.39, 0.29) is 17.6 Å². The number of ketones is 1. The molecule has 78 valence electrons. The Bertz CT molecular complexity index is 244. The van der Waals surface area contributed by atoms with Gasteiger partial charge in [0.05, 0.1) is 5.92 Å². The molecule has 0 aromatic heterocycles. The zero-order chi connectivity index (χ0) is 9.97. The Labute approximate surface area is 84.5 Å². The lowest BCUT2D eigenvalue weighted by Crippen LogP contribution is -2.40. The molecule has 0 aromatic rings. The van der Waals surface area contributed by atoms with E-state index in [0.717, 1.165) is 38.8 Å². The lowest BCUT2D eigenvalue weighted by Gasteiger charge is -2.28. The molecule has 1 heterocycles. The lowest BCUT2D eigenvalue weighted by atomic mass is 10.0. The molecule has 3 heteroatoms. The molecule has 1 saturated heterocycles. The third kappa shape index (κ3) is 1.81. The molecule has 2 rings (SSSR count). The largest absolute Gasteiger partial charge is 0.342 e. The predicted octanol–water partition coefficient (Wildman–Crippen LogP) is 1.37. The second-order valence-electron chi connectivity index (χ2n) is 4.30. The molecule has 0 aromatic carbocycles. The number of piperidine rings is 1. The summed E-state index contributed by atoms with van der Waals surface area (Å²) in [6.45, 7) is 1.73. The quantitative estimate of drug-likeness (QED) is 0.592. The van der Waals surface area contributed by atoms with Crippen molar-refractivity contribution in [3.8, 4) is 0 Å². The zero-order valence-electron chi connectivity index (χ0n) is 8.50. The van der Waals surface area contributed by atoms with Crippen LogP contribution in [0.2, 0.25) is 0 Å². The molecule has 0 bridgehead atoms. The number of hydrogen-bond donors (Lipinski definition) is 0. The maximum Gasteiger partial charge on any atom is 0.233 e. The smallest absolute Gasteiger partial charge is 0.233 e. The molecule has 2 aliphatic rings. The van der Waals surface area contributed by atoms with Gasteiger partial charge in [0, 0.05) is 19.5 Å². The van der Waals surface area contributed by atoms with Crippen molar-refractivity contribution in [1.29, 1.82) is 0 Å². The maximum atomic E-state index is 11.9. The van der Waals surface area contributed by atoms with Crippen LogP contribution in [0.1, 0.15) is 38.5 Å². The molecular weight excluding hydrogens is 178 g/mol. The highest BCUT2D eigenvalue weighted by atomic mass is 16.2. The van der Waals surface area contributed by atoms with Gasteiger partial charge in [-0.05, 0) is 32.1 Å². The minimum Gasteiger partial charge on any atom is -0.342 e. The summed E-state index contributed by atoms with van der Waals surface area (Å²) >= 11 is 0. The normalized spacial score (nSPS) is 28.1. The van der Waals surface area contributed by atoms with E-state index in [9.17, 15) is 9.59 Å². The number of carbonyl (C=O) groups is 2. The van der Waals surface area contributed by atoms with Gasteiger partial charge >= 0.3 is 0 Å². The number of hydrogen-bond acceptors (Lipinski definition) is 2. The van der Waals surface area contributed by atoms with E-state index < -0.39 is 0 Å². The molecule has 0 N–H and O–H groups in total. The molecule has 3 nitrogen and oxygen atoms in total. The van der Waals surface area contributed by atoms with Crippen LogP contribution in [0.25, 0.3) is 0 Å². The first-order chi connectivity index (χ1) is 6.79. The van der Waals surface area contributed by atoms with Crippen LogP contribution in [-0.4, -0.2) is 29.7 Å². The van der Waals surface area contributed by atoms with E-state index in [1.54, 1.807) is 0 Å². The van der Waals surface area contributed by atoms with E-state index in [4.69, 9.17) is 0 Å². The Balaban J connectivity index is 1.96. The van der Waals surface area contributed by atoms with Crippen LogP contribution in [0.5, 0.6) is 0 Å². The van der Waals surface area contributed by atoms with Crippen molar-refractivity contribution in [2.75, 3.05) is 13.1 Å². The number of rotatable bonds is 1. The van der Waals surface area contributed by atoms with Crippen LogP contribution in [-0.2, 0) is 9.59 Å². The maximum absolute atomic E-state index is 11.9. The van der Waals surface area contributed by atoms with E-state index in [1.807, 2.05) is 4.90 Å². The average molecular weight is 195 g/mol. The lowest BCUT2D eigenvalue weighted by molar-refractivity contribution is -0.140. The van der Waals surface area contributed by atoms with Gasteiger partial charge in [-0.1, -0.05) is 0 Å². The number of likely N-dealkylation sites (tertiary alicyclic amines) is 1. The molecule has 1 unspecified atom stereocenters.